The molecule has 0 aliphatic carbocycles. The number of nitrogens with one attached hydrogen (secondary N) is 2. The number of rotatable bonds is 6. The Labute approximate surface area is 191 Å². The van der Waals surface area contributed by atoms with Crippen molar-refractivity contribution in [3.63, 3.8) is 0 Å². The van der Waals surface area contributed by atoms with E-state index in [4.69, 9.17) is 10.00 Å². The van der Waals surface area contributed by atoms with Crippen LogP contribution in [0.5, 0.6) is 11.5 Å². The SMILES string of the molecule is COc1cc(N=NC2C(=O)NC(=NC#N)NC2=O)c(S(=O)(=O)O)cc1N=Nc1ccc(O)cc1. The van der Waals surface area contributed by atoms with Crippen LogP contribution in [0.2, 0.25) is 0 Å². The highest BCUT2D eigenvalue weighted by Gasteiger charge is 2.34. The second-order valence-electron chi connectivity index (χ2n) is 6.34. The Morgan fingerprint density at radius 1 is 1.03 bits per heavy atom. The third kappa shape index (κ3) is 5.53. The first-order valence-corrected chi connectivity index (χ1v) is 10.5. The van der Waals surface area contributed by atoms with Gasteiger partial charge in [0.2, 0.25) is 18.2 Å². The molecule has 16 heteroatoms. The van der Waals surface area contributed by atoms with E-state index in [9.17, 15) is 27.7 Å². The number of guanidine groups is 1. The number of nitrogens with zero attached hydrogens (tertiary/aromatic N) is 6. The van der Waals surface area contributed by atoms with Crippen LogP contribution in [0.1, 0.15) is 0 Å². The van der Waals surface area contributed by atoms with E-state index in [0.717, 1.165) is 12.1 Å². The van der Waals surface area contributed by atoms with Crippen LogP contribution in [0, 0.1) is 11.5 Å². The van der Waals surface area contributed by atoms with Crippen LogP contribution >= 0.6 is 0 Å². The average molecular weight is 486 g/mol. The molecule has 0 aromatic heterocycles. The minimum atomic E-state index is -4.87. The summed E-state index contributed by atoms with van der Waals surface area (Å²) in [4.78, 5) is 26.6. The molecule has 0 radical (unpaired) electrons. The normalized spacial score (nSPS) is 16.3. The molecule has 3 rings (SSSR count). The fourth-order valence-electron chi connectivity index (χ4n) is 2.55. The number of methoxy groups -OCH3 is 1. The maximum atomic E-state index is 12.1. The molecule has 2 aromatic carbocycles. The van der Waals surface area contributed by atoms with Gasteiger partial charge in [0, 0.05) is 6.07 Å². The van der Waals surface area contributed by atoms with Crippen molar-refractivity contribution in [1.29, 1.82) is 5.26 Å². The first kappa shape index (κ1) is 23.9. The van der Waals surface area contributed by atoms with E-state index < -0.39 is 44.5 Å². The topological polar surface area (TPSA) is 228 Å². The number of amides is 2. The summed E-state index contributed by atoms with van der Waals surface area (Å²) >= 11 is 0. The molecule has 0 bridgehead atoms. The van der Waals surface area contributed by atoms with E-state index in [1.165, 1.54) is 37.6 Å². The predicted molar refractivity (Wildman–Crippen MR) is 113 cm³/mol. The number of carbonyl (C=O) groups excluding carboxylic acids is 2. The van der Waals surface area contributed by atoms with Crippen LogP contribution in [-0.4, -0.2) is 49.0 Å². The van der Waals surface area contributed by atoms with Gasteiger partial charge < -0.3 is 9.84 Å². The molecule has 15 nitrogen and oxygen atoms in total. The summed E-state index contributed by atoms with van der Waals surface area (Å²) in [5.74, 6) is -2.35. The van der Waals surface area contributed by atoms with Gasteiger partial charge in [-0.25, -0.2) is 0 Å². The highest BCUT2D eigenvalue weighted by atomic mass is 32.2. The Balaban J connectivity index is 1.98. The van der Waals surface area contributed by atoms with Gasteiger partial charge in [0.1, 0.15) is 27.8 Å². The van der Waals surface area contributed by atoms with Crippen molar-refractivity contribution >= 4 is 45.0 Å². The molecule has 34 heavy (non-hydrogen) atoms. The molecule has 2 amide bonds. The van der Waals surface area contributed by atoms with Gasteiger partial charge in [-0.15, -0.1) is 10.1 Å². The van der Waals surface area contributed by atoms with Crippen molar-refractivity contribution in [2.75, 3.05) is 7.11 Å². The van der Waals surface area contributed by atoms with Crippen LogP contribution in [-0.2, 0) is 19.7 Å². The lowest BCUT2D eigenvalue weighted by Gasteiger charge is -2.18. The van der Waals surface area contributed by atoms with Crippen molar-refractivity contribution < 1.29 is 32.4 Å². The fourth-order valence-corrected chi connectivity index (χ4v) is 3.17. The molecule has 1 aliphatic heterocycles. The molecule has 0 atom stereocenters. The molecule has 4 N–H and O–H groups in total. The third-order valence-corrected chi connectivity index (χ3v) is 4.97. The molecule has 1 heterocycles. The number of benzene rings is 2. The van der Waals surface area contributed by atoms with Gasteiger partial charge in [-0.05, 0) is 30.3 Å². The van der Waals surface area contributed by atoms with Crippen LogP contribution in [0.3, 0.4) is 0 Å². The zero-order chi connectivity index (χ0) is 24.9. The minimum absolute atomic E-state index is 0.00815. The van der Waals surface area contributed by atoms with Gasteiger partial charge >= 0.3 is 0 Å². The highest BCUT2D eigenvalue weighted by molar-refractivity contribution is 7.86. The molecular weight excluding hydrogens is 472 g/mol. The molecule has 174 valence electrons. The van der Waals surface area contributed by atoms with Gasteiger partial charge in [0.05, 0.1) is 12.8 Å². The number of hydrogen-bond acceptors (Lipinski definition) is 12. The predicted octanol–water partition coefficient (Wildman–Crippen LogP) is 1.60. The Hall–Kier alpha value is -4.75. The standard InChI is InChI=1S/C18H14N8O7S/c1-33-13-6-12(25-26-15-16(28)21-18(20-8-19)22-17(15)29)14(34(30,31)32)7-11(13)24-23-9-2-4-10(27)5-3-9/h2-7,15,27H,1H3,(H,30,31,32)(H2,20,21,22,28,29). The number of aromatic hydroxyl groups is 1. The average Bonchev–Trinajstić information content (AvgIpc) is 2.77. The number of carbonyl (C=O) groups is 2. The third-order valence-electron chi connectivity index (χ3n) is 4.08. The van der Waals surface area contributed by atoms with Crippen molar-refractivity contribution in [2.45, 2.75) is 10.9 Å². The van der Waals surface area contributed by atoms with Crippen molar-refractivity contribution in [1.82, 2.24) is 10.6 Å². The zero-order valence-corrected chi connectivity index (χ0v) is 17.9. The summed E-state index contributed by atoms with van der Waals surface area (Å²) in [5.41, 5.74) is -0.238. The zero-order valence-electron chi connectivity index (χ0n) is 17.1. The number of phenolic OH excluding ortho intramolecular Hbond substituents is 1. The molecule has 1 saturated heterocycles. The fraction of sp³-hybridized carbons (Fsp3) is 0.111. The maximum absolute atomic E-state index is 12.1. The smallest absolute Gasteiger partial charge is 0.296 e. The largest absolute Gasteiger partial charge is 0.508 e. The Kier molecular flexibility index (Phi) is 6.89. The lowest BCUT2D eigenvalue weighted by atomic mass is 10.2. The summed E-state index contributed by atoms with van der Waals surface area (Å²) in [6.45, 7) is 0. The van der Waals surface area contributed by atoms with Gasteiger partial charge in [-0.2, -0.15) is 29.0 Å². The van der Waals surface area contributed by atoms with E-state index in [2.05, 4.69) is 36.1 Å². The number of hydrogen-bond donors (Lipinski definition) is 4. The number of ether oxygens (including phenoxy) is 1. The van der Waals surface area contributed by atoms with E-state index in [1.807, 2.05) is 0 Å². The number of phenols is 1. The lowest BCUT2D eigenvalue weighted by Crippen LogP contribution is -2.58. The van der Waals surface area contributed by atoms with Gasteiger partial charge in [0.25, 0.3) is 21.9 Å². The molecule has 0 saturated carbocycles. The molecule has 1 aliphatic rings. The van der Waals surface area contributed by atoms with E-state index in [0.29, 0.717) is 5.69 Å². The molecule has 0 spiro atoms. The van der Waals surface area contributed by atoms with Crippen molar-refractivity contribution in [3.05, 3.63) is 36.4 Å². The second kappa shape index (κ2) is 9.81. The first-order valence-electron chi connectivity index (χ1n) is 9.02. The van der Waals surface area contributed by atoms with Gasteiger partial charge in [-0.3, -0.25) is 24.8 Å². The summed E-state index contributed by atoms with van der Waals surface area (Å²) in [7, 11) is -3.61. The maximum Gasteiger partial charge on any atom is 0.296 e. The van der Waals surface area contributed by atoms with Gasteiger partial charge in [0.15, 0.2) is 0 Å². The van der Waals surface area contributed by atoms with Crippen molar-refractivity contribution in [3.8, 4) is 17.7 Å². The van der Waals surface area contributed by atoms with Crippen LogP contribution < -0.4 is 15.4 Å². The summed E-state index contributed by atoms with van der Waals surface area (Å²) < 4.78 is 38.6. The van der Waals surface area contributed by atoms with Crippen LogP contribution in [0.15, 0.2) is 66.7 Å². The monoisotopic (exact) mass is 486 g/mol. The molecule has 1 fully saturated rings. The number of nitriles is 1. The van der Waals surface area contributed by atoms with Crippen LogP contribution in [0.25, 0.3) is 0 Å². The Morgan fingerprint density at radius 3 is 2.24 bits per heavy atom. The lowest BCUT2D eigenvalue weighted by molar-refractivity contribution is -0.131. The molecule has 2 aromatic rings. The summed E-state index contributed by atoms with van der Waals surface area (Å²) in [6.07, 6.45) is 1.38. The molecular formula is C18H14N8O7S. The summed E-state index contributed by atoms with van der Waals surface area (Å²) in [5, 5.41) is 37.0. The Morgan fingerprint density at radius 2 is 1.68 bits per heavy atom. The van der Waals surface area contributed by atoms with E-state index in [-0.39, 0.29) is 17.2 Å². The Bertz CT molecular complexity index is 1360. The first-order chi connectivity index (χ1) is 16.1. The van der Waals surface area contributed by atoms with Gasteiger partial charge in [-0.1, -0.05) is 0 Å². The highest BCUT2D eigenvalue weighted by Crippen LogP contribution is 2.38. The minimum Gasteiger partial charge on any atom is -0.508 e. The van der Waals surface area contributed by atoms with Crippen LogP contribution in [0.4, 0.5) is 17.1 Å². The summed E-state index contributed by atoms with van der Waals surface area (Å²) in [6, 6.07) is 5.86. The van der Waals surface area contributed by atoms with E-state index >= 15 is 0 Å². The van der Waals surface area contributed by atoms with E-state index in [1.54, 1.807) is 0 Å². The quantitative estimate of drug-likeness (QED) is 0.202. The molecule has 0 unspecified atom stereocenters. The number of aliphatic imine (C=N–C) groups is 1. The van der Waals surface area contributed by atoms with Crippen molar-refractivity contribution in [2.24, 2.45) is 25.4 Å². The second-order valence-corrected chi connectivity index (χ2v) is 7.73. The number of azo groups is 2.